The molecule has 4 heteroatoms. The average Bonchev–Trinajstić information content (AvgIpc) is 2.01. The highest BCUT2D eigenvalue weighted by atomic mass is 127. The van der Waals surface area contributed by atoms with Gasteiger partial charge in [-0.2, -0.15) is 0 Å². The highest BCUT2D eigenvalue weighted by Crippen LogP contribution is 2.19. The van der Waals surface area contributed by atoms with Crippen LogP contribution in [-0.4, -0.2) is 16.8 Å². The topological polar surface area (TPSA) is 37.3 Å². The van der Waals surface area contributed by atoms with Crippen molar-refractivity contribution in [3.63, 3.8) is 0 Å². The van der Waals surface area contributed by atoms with Crippen molar-refractivity contribution in [3.05, 3.63) is 27.8 Å². The first-order valence-electron chi connectivity index (χ1n) is 3.28. The van der Waals surface area contributed by atoms with Crippen molar-refractivity contribution in [2.45, 2.75) is 4.90 Å². The summed E-state index contributed by atoms with van der Waals surface area (Å²) in [7, 11) is 0. The Morgan fingerprint density at radius 3 is 2.92 bits per heavy atom. The normalized spacial score (nSPS) is 9.75. The molecule has 0 aromatic heterocycles. The molecule has 64 valence electrons. The smallest absolute Gasteiger partial charge is 0.313 e. The minimum Gasteiger partial charge on any atom is -0.481 e. The second-order valence-corrected chi connectivity index (χ2v) is 4.43. The minimum absolute atomic E-state index is 0.125. The van der Waals surface area contributed by atoms with Gasteiger partial charge in [-0.05, 0) is 40.8 Å². The Hall–Kier alpha value is -0.230. The first-order chi connectivity index (χ1) is 5.68. The van der Waals surface area contributed by atoms with Crippen LogP contribution in [0.3, 0.4) is 0 Å². The largest absolute Gasteiger partial charge is 0.481 e. The third-order valence-electron chi connectivity index (χ3n) is 1.16. The summed E-state index contributed by atoms with van der Waals surface area (Å²) in [4.78, 5) is 11.2. The van der Waals surface area contributed by atoms with E-state index in [1.54, 1.807) is 0 Å². The molecule has 1 aromatic carbocycles. The maximum Gasteiger partial charge on any atom is 0.313 e. The molecule has 0 saturated heterocycles. The number of halogens is 1. The Morgan fingerprint density at radius 2 is 2.33 bits per heavy atom. The monoisotopic (exact) mass is 294 g/mol. The van der Waals surface area contributed by atoms with Crippen LogP contribution in [0.5, 0.6) is 0 Å². The molecular formula is C8H7IO2S. The lowest BCUT2D eigenvalue weighted by Crippen LogP contribution is -1.97. The van der Waals surface area contributed by atoms with Gasteiger partial charge in [0.05, 0.1) is 5.75 Å². The molecule has 0 bridgehead atoms. The quantitative estimate of drug-likeness (QED) is 0.687. The Balaban J connectivity index is 2.57. The van der Waals surface area contributed by atoms with Gasteiger partial charge in [-0.15, -0.1) is 11.8 Å². The number of rotatable bonds is 3. The highest BCUT2D eigenvalue weighted by molar-refractivity contribution is 14.1. The van der Waals surface area contributed by atoms with Gasteiger partial charge in [0, 0.05) is 8.47 Å². The molecule has 0 atom stereocenters. The number of hydrogen-bond acceptors (Lipinski definition) is 2. The molecule has 1 aromatic rings. The molecule has 0 aliphatic heterocycles. The summed E-state index contributed by atoms with van der Waals surface area (Å²) in [5.41, 5.74) is 0. The second-order valence-electron chi connectivity index (χ2n) is 2.14. The zero-order chi connectivity index (χ0) is 8.97. The van der Waals surface area contributed by atoms with Crippen LogP contribution in [-0.2, 0) is 4.79 Å². The number of carboxylic acids is 1. The molecule has 1 N–H and O–H groups in total. The second kappa shape index (κ2) is 4.71. The summed E-state index contributed by atoms with van der Waals surface area (Å²) in [6.07, 6.45) is 0. The standard InChI is InChI=1S/C8H7IO2S/c9-6-2-1-3-7(4-6)12-5-8(10)11/h1-4H,5H2,(H,10,11). The van der Waals surface area contributed by atoms with E-state index in [9.17, 15) is 4.79 Å². The number of carboxylic acid groups (broad SMARTS) is 1. The number of benzene rings is 1. The molecule has 0 amide bonds. The van der Waals surface area contributed by atoms with Gasteiger partial charge in [0.15, 0.2) is 0 Å². The van der Waals surface area contributed by atoms with Crippen molar-refractivity contribution in [1.82, 2.24) is 0 Å². The number of carbonyl (C=O) groups is 1. The first-order valence-corrected chi connectivity index (χ1v) is 5.35. The maximum absolute atomic E-state index is 10.2. The van der Waals surface area contributed by atoms with Gasteiger partial charge in [-0.1, -0.05) is 6.07 Å². The summed E-state index contributed by atoms with van der Waals surface area (Å²) in [6.45, 7) is 0. The van der Waals surface area contributed by atoms with Crippen LogP contribution >= 0.6 is 34.4 Å². The third-order valence-corrected chi connectivity index (χ3v) is 2.81. The summed E-state index contributed by atoms with van der Waals surface area (Å²) in [5, 5.41) is 8.42. The predicted molar refractivity (Wildman–Crippen MR) is 57.5 cm³/mol. The van der Waals surface area contributed by atoms with Crippen molar-refractivity contribution in [2.24, 2.45) is 0 Å². The molecule has 0 heterocycles. The first kappa shape index (κ1) is 9.85. The van der Waals surface area contributed by atoms with Crippen LogP contribution in [0.4, 0.5) is 0 Å². The van der Waals surface area contributed by atoms with Crippen molar-refractivity contribution in [1.29, 1.82) is 0 Å². The number of aliphatic carboxylic acids is 1. The number of hydrogen-bond donors (Lipinski definition) is 1. The van der Waals surface area contributed by atoms with E-state index in [0.717, 1.165) is 8.47 Å². The van der Waals surface area contributed by atoms with Gasteiger partial charge in [0.25, 0.3) is 0 Å². The van der Waals surface area contributed by atoms with Gasteiger partial charge in [0.2, 0.25) is 0 Å². The van der Waals surface area contributed by atoms with E-state index < -0.39 is 5.97 Å². The van der Waals surface area contributed by atoms with E-state index in [4.69, 9.17) is 5.11 Å². The van der Waals surface area contributed by atoms with Gasteiger partial charge in [-0.3, -0.25) is 4.79 Å². The third kappa shape index (κ3) is 3.44. The molecule has 0 saturated carbocycles. The van der Waals surface area contributed by atoms with Crippen molar-refractivity contribution in [3.8, 4) is 0 Å². The van der Waals surface area contributed by atoms with Crippen LogP contribution in [0, 0.1) is 3.57 Å². The highest BCUT2D eigenvalue weighted by Gasteiger charge is 1.98. The lowest BCUT2D eigenvalue weighted by atomic mass is 10.4. The summed E-state index contributed by atoms with van der Waals surface area (Å²) in [6, 6.07) is 7.78. The van der Waals surface area contributed by atoms with Gasteiger partial charge in [-0.25, -0.2) is 0 Å². The van der Waals surface area contributed by atoms with Crippen LogP contribution < -0.4 is 0 Å². The van der Waals surface area contributed by atoms with E-state index in [2.05, 4.69) is 22.6 Å². The van der Waals surface area contributed by atoms with Gasteiger partial charge in [0.1, 0.15) is 0 Å². The molecule has 0 aliphatic carbocycles. The maximum atomic E-state index is 10.2. The molecule has 0 aliphatic rings. The fraction of sp³-hybridized carbons (Fsp3) is 0.125. The lowest BCUT2D eigenvalue weighted by Gasteiger charge is -1.97. The Labute approximate surface area is 88.5 Å². The van der Waals surface area contributed by atoms with E-state index in [-0.39, 0.29) is 5.75 Å². The molecule has 0 fully saturated rings. The van der Waals surface area contributed by atoms with E-state index >= 15 is 0 Å². The van der Waals surface area contributed by atoms with Crippen LogP contribution in [0.2, 0.25) is 0 Å². The molecule has 1 rings (SSSR count). The summed E-state index contributed by atoms with van der Waals surface area (Å²) >= 11 is 3.54. The van der Waals surface area contributed by atoms with Crippen molar-refractivity contribution >= 4 is 40.3 Å². The minimum atomic E-state index is -0.779. The van der Waals surface area contributed by atoms with Crippen LogP contribution in [0.1, 0.15) is 0 Å². The molecular weight excluding hydrogens is 287 g/mol. The molecule has 0 unspecified atom stereocenters. The Bertz CT molecular complexity index is 288. The van der Waals surface area contributed by atoms with Crippen molar-refractivity contribution in [2.75, 3.05) is 5.75 Å². The predicted octanol–water partition coefficient (Wildman–Crippen LogP) is 2.47. The zero-order valence-electron chi connectivity index (χ0n) is 6.16. The molecule has 12 heavy (non-hydrogen) atoms. The van der Waals surface area contributed by atoms with E-state index in [0.29, 0.717) is 0 Å². The molecule has 2 nitrogen and oxygen atoms in total. The molecule has 0 radical (unpaired) electrons. The SMILES string of the molecule is O=C(O)CSc1cccc(I)c1. The lowest BCUT2D eigenvalue weighted by molar-refractivity contribution is -0.133. The van der Waals surface area contributed by atoms with Gasteiger partial charge < -0.3 is 5.11 Å². The Morgan fingerprint density at radius 1 is 1.58 bits per heavy atom. The average molecular weight is 294 g/mol. The zero-order valence-corrected chi connectivity index (χ0v) is 9.13. The fourth-order valence-corrected chi connectivity index (χ4v) is 2.13. The van der Waals surface area contributed by atoms with E-state index in [1.807, 2.05) is 24.3 Å². The summed E-state index contributed by atoms with van der Waals surface area (Å²) in [5.74, 6) is -0.654. The number of thioether (sulfide) groups is 1. The van der Waals surface area contributed by atoms with Crippen LogP contribution in [0.15, 0.2) is 29.2 Å². The van der Waals surface area contributed by atoms with E-state index in [1.165, 1.54) is 11.8 Å². The summed E-state index contributed by atoms with van der Waals surface area (Å²) < 4.78 is 1.13. The van der Waals surface area contributed by atoms with Crippen LogP contribution in [0.25, 0.3) is 0 Å². The fourth-order valence-electron chi connectivity index (χ4n) is 0.702. The molecule has 0 spiro atoms. The van der Waals surface area contributed by atoms with Crippen molar-refractivity contribution < 1.29 is 9.90 Å². The van der Waals surface area contributed by atoms with Gasteiger partial charge >= 0.3 is 5.97 Å². The Kier molecular flexibility index (Phi) is 3.87.